The van der Waals surface area contributed by atoms with Gasteiger partial charge in [0.2, 0.25) is 0 Å². The van der Waals surface area contributed by atoms with E-state index in [1.807, 2.05) is 12.1 Å². The summed E-state index contributed by atoms with van der Waals surface area (Å²) in [5.41, 5.74) is 5.93. The van der Waals surface area contributed by atoms with Gasteiger partial charge in [0, 0.05) is 0 Å². The van der Waals surface area contributed by atoms with Gasteiger partial charge in [-0.25, -0.2) is 0 Å². The van der Waals surface area contributed by atoms with Crippen molar-refractivity contribution in [2.24, 2.45) is 5.73 Å². The summed E-state index contributed by atoms with van der Waals surface area (Å²) in [6.07, 6.45) is 4.66. The van der Waals surface area contributed by atoms with Gasteiger partial charge in [-0.1, -0.05) is 26.2 Å². The van der Waals surface area contributed by atoms with Crippen molar-refractivity contribution in [1.82, 2.24) is 0 Å². The second-order valence-electron chi connectivity index (χ2n) is 3.24. The van der Waals surface area contributed by atoms with E-state index in [0.717, 1.165) is 16.9 Å². The maximum Gasteiger partial charge on any atom is 0.169 e. The van der Waals surface area contributed by atoms with E-state index in [1.54, 1.807) is 0 Å². The molecule has 13 heavy (non-hydrogen) atoms. The van der Waals surface area contributed by atoms with Crippen molar-refractivity contribution in [3.63, 3.8) is 0 Å². The van der Waals surface area contributed by atoms with E-state index in [-0.39, 0.29) is 6.04 Å². The summed E-state index contributed by atoms with van der Waals surface area (Å²) in [5.74, 6) is 0.878. The normalized spacial score (nSPS) is 13.2. The van der Waals surface area contributed by atoms with Gasteiger partial charge in [0.05, 0.1) is 6.04 Å². The summed E-state index contributed by atoms with van der Waals surface area (Å²) in [7, 11) is 0. The monoisotopic (exact) mass is 245 g/mol. The number of unbranched alkanes of at least 4 members (excludes halogenated alkanes) is 2. The lowest BCUT2D eigenvalue weighted by atomic mass is 10.1. The van der Waals surface area contributed by atoms with E-state index >= 15 is 0 Å². The van der Waals surface area contributed by atoms with Crippen LogP contribution in [0.4, 0.5) is 0 Å². The third-order valence-corrected chi connectivity index (χ3v) is 2.50. The lowest BCUT2D eigenvalue weighted by Crippen LogP contribution is -2.08. The Labute approximate surface area is 87.6 Å². The topological polar surface area (TPSA) is 39.2 Å². The molecule has 0 bridgehead atoms. The van der Waals surface area contributed by atoms with Crippen LogP contribution in [-0.2, 0) is 0 Å². The highest BCUT2D eigenvalue weighted by Crippen LogP contribution is 2.22. The molecule has 74 valence electrons. The predicted molar refractivity (Wildman–Crippen MR) is 57.5 cm³/mol. The molecule has 2 nitrogen and oxygen atoms in total. The molecule has 1 atom stereocenters. The van der Waals surface area contributed by atoms with E-state index in [9.17, 15) is 0 Å². The molecule has 0 saturated carbocycles. The number of furan rings is 1. The number of halogens is 1. The van der Waals surface area contributed by atoms with Crippen LogP contribution in [0.15, 0.2) is 21.2 Å². The predicted octanol–water partition coefficient (Wildman–Crippen LogP) is 3.62. The van der Waals surface area contributed by atoms with Crippen molar-refractivity contribution in [2.75, 3.05) is 0 Å². The van der Waals surface area contributed by atoms with Crippen LogP contribution >= 0.6 is 15.9 Å². The molecule has 0 saturated heterocycles. The van der Waals surface area contributed by atoms with Crippen LogP contribution in [0, 0.1) is 0 Å². The van der Waals surface area contributed by atoms with Crippen molar-refractivity contribution in [3.05, 3.63) is 22.6 Å². The Hall–Kier alpha value is -0.280. The van der Waals surface area contributed by atoms with Crippen LogP contribution in [0.1, 0.15) is 44.4 Å². The lowest BCUT2D eigenvalue weighted by molar-refractivity contribution is 0.428. The zero-order valence-corrected chi connectivity index (χ0v) is 9.51. The van der Waals surface area contributed by atoms with Gasteiger partial charge in [-0.15, -0.1) is 0 Å². The Morgan fingerprint density at radius 2 is 2.23 bits per heavy atom. The van der Waals surface area contributed by atoms with Gasteiger partial charge >= 0.3 is 0 Å². The van der Waals surface area contributed by atoms with E-state index in [0.29, 0.717) is 0 Å². The highest BCUT2D eigenvalue weighted by atomic mass is 79.9. The van der Waals surface area contributed by atoms with Crippen molar-refractivity contribution in [2.45, 2.75) is 38.6 Å². The first-order valence-electron chi connectivity index (χ1n) is 4.75. The average Bonchev–Trinajstić information content (AvgIpc) is 2.52. The number of rotatable bonds is 5. The van der Waals surface area contributed by atoms with Crippen LogP contribution in [-0.4, -0.2) is 0 Å². The Bertz CT molecular complexity index is 247. The third-order valence-electron chi connectivity index (χ3n) is 2.08. The Morgan fingerprint density at radius 1 is 1.46 bits per heavy atom. The summed E-state index contributed by atoms with van der Waals surface area (Å²) < 4.78 is 6.13. The van der Waals surface area contributed by atoms with Crippen molar-refractivity contribution in [1.29, 1.82) is 0 Å². The fraction of sp³-hybridized carbons (Fsp3) is 0.600. The van der Waals surface area contributed by atoms with Crippen molar-refractivity contribution < 1.29 is 4.42 Å². The molecule has 0 unspecified atom stereocenters. The van der Waals surface area contributed by atoms with E-state index in [1.165, 1.54) is 19.3 Å². The van der Waals surface area contributed by atoms with Gasteiger partial charge in [0.15, 0.2) is 4.67 Å². The lowest BCUT2D eigenvalue weighted by Gasteiger charge is -2.07. The first kappa shape index (κ1) is 10.8. The smallest absolute Gasteiger partial charge is 0.169 e. The molecule has 1 aromatic rings. The van der Waals surface area contributed by atoms with E-state index in [4.69, 9.17) is 10.2 Å². The molecular formula is C10H16BrNO. The zero-order chi connectivity index (χ0) is 9.68. The van der Waals surface area contributed by atoms with Crippen LogP contribution < -0.4 is 5.73 Å². The fourth-order valence-corrected chi connectivity index (χ4v) is 1.60. The Kier molecular flexibility index (Phi) is 4.53. The molecule has 0 radical (unpaired) electrons. The minimum atomic E-state index is 0.0536. The van der Waals surface area contributed by atoms with Gasteiger partial charge in [-0.2, -0.15) is 0 Å². The van der Waals surface area contributed by atoms with Gasteiger partial charge in [-0.05, 0) is 34.5 Å². The van der Waals surface area contributed by atoms with Gasteiger partial charge in [0.25, 0.3) is 0 Å². The largest absolute Gasteiger partial charge is 0.453 e. The number of hydrogen-bond donors (Lipinski definition) is 1. The summed E-state index contributed by atoms with van der Waals surface area (Å²) in [6.45, 7) is 2.19. The third kappa shape index (κ3) is 3.53. The van der Waals surface area contributed by atoms with Crippen LogP contribution in [0.25, 0.3) is 0 Å². The highest BCUT2D eigenvalue weighted by Gasteiger charge is 2.09. The molecule has 0 amide bonds. The highest BCUT2D eigenvalue weighted by molar-refractivity contribution is 9.10. The van der Waals surface area contributed by atoms with Gasteiger partial charge < -0.3 is 10.2 Å². The quantitative estimate of drug-likeness (QED) is 0.806. The fourth-order valence-electron chi connectivity index (χ4n) is 1.28. The molecular weight excluding hydrogens is 230 g/mol. The Balaban J connectivity index is 2.35. The molecule has 0 aromatic carbocycles. The van der Waals surface area contributed by atoms with Crippen LogP contribution in [0.5, 0.6) is 0 Å². The molecule has 1 heterocycles. The summed E-state index contributed by atoms with van der Waals surface area (Å²) in [5, 5.41) is 0. The molecule has 0 aliphatic rings. The minimum absolute atomic E-state index is 0.0536. The number of nitrogens with two attached hydrogens (primary N) is 1. The minimum Gasteiger partial charge on any atom is -0.453 e. The SMILES string of the molecule is CCCCC[C@@H](N)c1ccc(Br)o1. The summed E-state index contributed by atoms with van der Waals surface area (Å²) in [6, 6.07) is 3.87. The van der Waals surface area contributed by atoms with Crippen molar-refractivity contribution >= 4 is 15.9 Å². The first-order chi connectivity index (χ1) is 6.24. The van der Waals surface area contributed by atoms with E-state index in [2.05, 4.69) is 22.9 Å². The number of hydrogen-bond acceptors (Lipinski definition) is 2. The Morgan fingerprint density at radius 3 is 2.77 bits per heavy atom. The average molecular weight is 246 g/mol. The van der Waals surface area contributed by atoms with E-state index < -0.39 is 0 Å². The van der Waals surface area contributed by atoms with Crippen LogP contribution in [0.3, 0.4) is 0 Å². The maximum absolute atomic E-state index is 5.93. The molecule has 1 aromatic heterocycles. The second kappa shape index (κ2) is 5.45. The van der Waals surface area contributed by atoms with Gasteiger partial charge in [-0.3, -0.25) is 0 Å². The molecule has 0 fully saturated rings. The summed E-state index contributed by atoms with van der Waals surface area (Å²) >= 11 is 3.26. The van der Waals surface area contributed by atoms with Crippen molar-refractivity contribution in [3.8, 4) is 0 Å². The van der Waals surface area contributed by atoms with Gasteiger partial charge in [0.1, 0.15) is 5.76 Å². The molecule has 0 aliphatic heterocycles. The molecule has 3 heteroatoms. The molecule has 2 N–H and O–H groups in total. The zero-order valence-electron chi connectivity index (χ0n) is 7.92. The molecule has 0 aliphatic carbocycles. The molecule has 1 rings (SSSR count). The standard InChI is InChI=1S/C10H16BrNO/c1-2-3-4-5-8(12)9-6-7-10(11)13-9/h6-8H,2-5,12H2,1H3/t8-/m1/s1. The molecule has 0 spiro atoms. The van der Waals surface area contributed by atoms with Crippen LogP contribution in [0.2, 0.25) is 0 Å². The summed E-state index contributed by atoms with van der Waals surface area (Å²) in [4.78, 5) is 0. The first-order valence-corrected chi connectivity index (χ1v) is 5.54. The maximum atomic E-state index is 5.93. The second-order valence-corrected chi connectivity index (χ2v) is 4.03.